The van der Waals surface area contributed by atoms with Crippen LogP contribution < -0.4 is 10.6 Å². The Hall–Kier alpha value is -2.59. The highest BCUT2D eigenvalue weighted by atomic mass is 35.5. The maximum absolute atomic E-state index is 6.19. The maximum atomic E-state index is 6.19. The molecule has 0 aliphatic heterocycles. The zero-order valence-electron chi connectivity index (χ0n) is 13.7. The number of hydrogen-bond acceptors (Lipinski definition) is 4. The summed E-state index contributed by atoms with van der Waals surface area (Å²) in [7, 11) is 0. The number of benzene rings is 2. The number of aryl methyl sites for hydroxylation is 2. The molecule has 1 aromatic heterocycles. The predicted molar refractivity (Wildman–Crippen MR) is 100 cm³/mol. The van der Waals surface area contributed by atoms with Gasteiger partial charge in [-0.25, -0.2) is 4.98 Å². The molecule has 5 heteroatoms. The molecule has 3 aromatic rings. The first-order valence-electron chi connectivity index (χ1n) is 7.77. The molecule has 0 amide bonds. The van der Waals surface area contributed by atoms with Gasteiger partial charge in [0.1, 0.15) is 5.82 Å². The van der Waals surface area contributed by atoms with Gasteiger partial charge in [-0.05, 0) is 37.6 Å². The molecule has 0 radical (unpaired) electrons. The minimum atomic E-state index is 0.570. The second-order valence-electron chi connectivity index (χ2n) is 5.65. The topological polar surface area (TPSA) is 49.8 Å². The summed E-state index contributed by atoms with van der Waals surface area (Å²) in [5.74, 6) is 1.33. The van der Waals surface area contributed by atoms with Crippen molar-refractivity contribution in [2.75, 3.05) is 10.6 Å². The van der Waals surface area contributed by atoms with Crippen molar-refractivity contribution in [3.8, 4) is 0 Å². The Morgan fingerprint density at radius 3 is 2.46 bits per heavy atom. The summed E-state index contributed by atoms with van der Waals surface area (Å²) in [6, 6.07) is 17.8. The van der Waals surface area contributed by atoms with E-state index in [1.165, 1.54) is 5.56 Å². The van der Waals surface area contributed by atoms with E-state index in [9.17, 15) is 0 Å². The number of halogens is 1. The Balaban J connectivity index is 1.74. The van der Waals surface area contributed by atoms with Crippen LogP contribution in [0.2, 0.25) is 5.02 Å². The number of rotatable bonds is 5. The van der Waals surface area contributed by atoms with Crippen molar-refractivity contribution in [3.63, 3.8) is 0 Å². The average molecular weight is 339 g/mol. The summed E-state index contributed by atoms with van der Waals surface area (Å²) in [6.07, 6.45) is 0. The lowest BCUT2D eigenvalue weighted by molar-refractivity contribution is 1.06. The third kappa shape index (κ3) is 4.24. The summed E-state index contributed by atoms with van der Waals surface area (Å²) < 4.78 is 0. The van der Waals surface area contributed by atoms with Crippen LogP contribution in [0.3, 0.4) is 0 Å². The van der Waals surface area contributed by atoms with Crippen LogP contribution in [-0.4, -0.2) is 9.97 Å². The normalized spacial score (nSPS) is 10.5. The minimum Gasteiger partial charge on any atom is -0.366 e. The van der Waals surface area contributed by atoms with Gasteiger partial charge in [0.25, 0.3) is 0 Å². The quantitative estimate of drug-likeness (QED) is 0.679. The smallest absolute Gasteiger partial charge is 0.229 e. The van der Waals surface area contributed by atoms with Crippen LogP contribution in [0.4, 0.5) is 17.5 Å². The van der Waals surface area contributed by atoms with Crippen molar-refractivity contribution in [1.29, 1.82) is 0 Å². The second-order valence-corrected chi connectivity index (χ2v) is 6.06. The Morgan fingerprint density at radius 1 is 0.958 bits per heavy atom. The van der Waals surface area contributed by atoms with Gasteiger partial charge >= 0.3 is 0 Å². The zero-order valence-corrected chi connectivity index (χ0v) is 14.4. The molecule has 4 nitrogen and oxygen atoms in total. The number of anilines is 3. The van der Waals surface area contributed by atoms with E-state index in [1.807, 2.05) is 49.4 Å². The van der Waals surface area contributed by atoms with Crippen molar-refractivity contribution in [2.45, 2.75) is 20.4 Å². The predicted octanol–water partition coefficient (Wildman–Crippen LogP) is 5.10. The molecule has 24 heavy (non-hydrogen) atoms. The van der Waals surface area contributed by atoms with Crippen LogP contribution in [0.25, 0.3) is 0 Å². The Bertz CT molecular complexity index is 831. The molecule has 0 saturated carbocycles. The van der Waals surface area contributed by atoms with Crippen molar-refractivity contribution in [1.82, 2.24) is 9.97 Å². The number of nitrogens with zero attached hydrogens (tertiary/aromatic N) is 2. The largest absolute Gasteiger partial charge is 0.366 e. The van der Waals surface area contributed by atoms with Crippen LogP contribution in [-0.2, 0) is 6.54 Å². The molecule has 0 aliphatic carbocycles. The molecule has 2 N–H and O–H groups in total. The number of hydrogen-bond donors (Lipinski definition) is 2. The summed E-state index contributed by atoms with van der Waals surface area (Å²) in [6.45, 7) is 4.62. The molecule has 3 rings (SSSR count). The van der Waals surface area contributed by atoms with Crippen LogP contribution in [0.15, 0.2) is 54.6 Å². The third-order valence-corrected chi connectivity index (χ3v) is 3.95. The van der Waals surface area contributed by atoms with Crippen molar-refractivity contribution < 1.29 is 0 Å². The molecular formula is C19H19ClN4. The lowest BCUT2D eigenvalue weighted by Gasteiger charge is -2.11. The molecule has 2 aromatic carbocycles. The van der Waals surface area contributed by atoms with E-state index in [-0.39, 0.29) is 0 Å². The highest BCUT2D eigenvalue weighted by Gasteiger charge is 2.04. The highest BCUT2D eigenvalue weighted by Crippen LogP contribution is 2.19. The first-order chi connectivity index (χ1) is 11.6. The summed E-state index contributed by atoms with van der Waals surface area (Å²) in [4.78, 5) is 8.96. The Kier molecular flexibility index (Phi) is 4.96. The van der Waals surface area contributed by atoms with Gasteiger partial charge < -0.3 is 10.6 Å². The summed E-state index contributed by atoms with van der Waals surface area (Å²) in [5, 5.41) is 7.28. The van der Waals surface area contributed by atoms with E-state index in [0.29, 0.717) is 12.5 Å². The molecule has 0 fully saturated rings. The molecule has 122 valence electrons. The summed E-state index contributed by atoms with van der Waals surface area (Å²) >= 11 is 6.19. The molecular weight excluding hydrogens is 320 g/mol. The standard InChI is InChI=1S/C19H19ClN4/c1-13-7-9-16(10-8-13)23-19-22-14(2)11-18(24-19)21-12-15-5-3-4-6-17(15)20/h3-11H,12H2,1-2H3,(H2,21,22,23,24). The zero-order chi connectivity index (χ0) is 16.9. The van der Waals surface area contributed by atoms with Crippen molar-refractivity contribution in [3.05, 3.63) is 76.4 Å². The fourth-order valence-electron chi connectivity index (χ4n) is 2.31. The third-order valence-electron chi connectivity index (χ3n) is 3.58. The van der Waals surface area contributed by atoms with Gasteiger partial charge in [0.05, 0.1) is 0 Å². The molecule has 0 saturated heterocycles. The molecule has 0 bridgehead atoms. The average Bonchev–Trinajstić information content (AvgIpc) is 2.56. The first kappa shape index (κ1) is 16.3. The van der Waals surface area contributed by atoms with Gasteiger partial charge in [0.15, 0.2) is 0 Å². The van der Waals surface area contributed by atoms with Gasteiger partial charge in [-0.3, -0.25) is 0 Å². The fraction of sp³-hybridized carbons (Fsp3) is 0.158. The van der Waals surface area contributed by atoms with E-state index in [1.54, 1.807) is 0 Å². The van der Waals surface area contributed by atoms with Crippen LogP contribution in [0.5, 0.6) is 0 Å². The monoisotopic (exact) mass is 338 g/mol. The van der Waals surface area contributed by atoms with Crippen LogP contribution in [0.1, 0.15) is 16.8 Å². The lowest BCUT2D eigenvalue weighted by atomic mass is 10.2. The van der Waals surface area contributed by atoms with Crippen LogP contribution in [0, 0.1) is 13.8 Å². The van der Waals surface area contributed by atoms with Gasteiger partial charge in [-0.1, -0.05) is 47.5 Å². The van der Waals surface area contributed by atoms with E-state index in [4.69, 9.17) is 11.6 Å². The summed E-state index contributed by atoms with van der Waals surface area (Å²) in [5.41, 5.74) is 4.10. The molecule has 0 unspecified atom stereocenters. The van der Waals surface area contributed by atoms with Crippen LogP contribution >= 0.6 is 11.6 Å². The Morgan fingerprint density at radius 2 is 1.71 bits per heavy atom. The number of aromatic nitrogens is 2. The number of nitrogens with one attached hydrogen (secondary N) is 2. The van der Waals surface area contributed by atoms with Crippen molar-refractivity contribution in [2.24, 2.45) is 0 Å². The molecule has 0 atom stereocenters. The van der Waals surface area contributed by atoms with Gasteiger partial charge in [-0.2, -0.15) is 4.98 Å². The first-order valence-corrected chi connectivity index (χ1v) is 8.14. The fourth-order valence-corrected chi connectivity index (χ4v) is 2.51. The lowest BCUT2D eigenvalue weighted by Crippen LogP contribution is -2.06. The molecule has 0 aliphatic rings. The SMILES string of the molecule is Cc1ccc(Nc2nc(C)cc(NCc3ccccc3Cl)n2)cc1. The van der Waals surface area contributed by atoms with E-state index in [2.05, 4.69) is 39.7 Å². The van der Waals surface area contributed by atoms with E-state index >= 15 is 0 Å². The van der Waals surface area contributed by atoms with Gasteiger partial charge in [0.2, 0.25) is 5.95 Å². The van der Waals surface area contributed by atoms with E-state index < -0.39 is 0 Å². The second kappa shape index (κ2) is 7.32. The minimum absolute atomic E-state index is 0.570. The van der Waals surface area contributed by atoms with Gasteiger partial charge in [-0.15, -0.1) is 0 Å². The molecule has 1 heterocycles. The molecule has 0 spiro atoms. The van der Waals surface area contributed by atoms with Gasteiger partial charge in [0, 0.05) is 29.0 Å². The van der Waals surface area contributed by atoms with Crippen molar-refractivity contribution >= 4 is 29.1 Å². The van der Waals surface area contributed by atoms with E-state index in [0.717, 1.165) is 27.8 Å². The Labute approximate surface area is 146 Å². The highest BCUT2D eigenvalue weighted by molar-refractivity contribution is 6.31. The maximum Gasteiger partial charge on any atom is 0.229 e.